The van der Waals surface area contributed by atoms with Gasteiger partial charge in [0.25, 0.3) is 0 Å². The molecule has 0 aromatic carbocycles. The summed E-state index contributed by atoms with van der Waals surface area (Å²) >= 11 is 3.38. The zero-order valence-corrected chi connectivity index (χ0v) is 25.0. The topological polar surface area (TPSA) is 0 Å². The fourth-order valence-corrected chi connectivity index (χ4v) is 6.00. The Hall–Kier alpha value is 0.532. The van der Waals surface area contributed by atoms with Crippen LogP contribution in [0.2, 0.25) is 4.28 Å². The van der Waals surface area contributed by atoms with Crippen LogP contribution < -0.4 is 0 Å². The molecule has 0 aromatic heterocycles. The molecule has 0 N–H and O–H groups in total. The van der Waals surface area contributed by atoms with Gasteiger partial charge in [-0.3, -0.25) is 0 Å². The molecule has 0 spiro atoms. The molecule has 0 aliphatic rings. The Morgan fingerprint density at radius 2 is 0.485 bits per heavy atom. The first-order valence-corrected chi connectivity index (χ1v) is 16.5. The molecular weight excluding hydrogens is 411 g/mol. The summed E-state index contributed by atoms with van der Waals surface area (Å²) in [4.78, 5) is 0. The average Bonchev–Trinajstić information content (AvgIpc) is 2.81. The predicted octanol–water partition coefficient (Wildman–Crippen LogP) is 12.3. The van der Waals surface area contributed by atoms with Crippen molar-refractivity contribution < 1.29 is 0 Å². The van der Waals surface area contributed by atoms with Crippen LogP contribution in [-0.2, 0) is 0 Å². The standard InChI is InChI=1S/C32H65.Al/c1-4-7-10-13-15-17-19-21-24-27-30-32(29-26-23-12-9-6-3)31-28-25-22-20-18-16-14-11-8-5-2;/h4-31H2,1-3H3;. The highest BCUT2D eigenvalue weighted by Crippen LogP contribution is 2.41. The van der Waals surface area contributed by atoms with Gasteiger partial charge in [0, 0.05) is 0 Å². The van der Waals surface area contributed by atoms with Gasteiger partial charge >= 0.3 is 0 Å². The van der Waals surface area contributed by atoms with E-state index in [0.29, 0.717) is 4.28 Å². The minimum Gasteiger partial charge on any atom is -0.0967 e. The van der Waals surface area contributed by atoms with E-state index in [0.717, 1.165) is 0 Å². The number of hydrogen-bond acceptors (Lipinski definition) is 0. The molecule has 0 saturated carbocycles. The van der Waals surface area contributed by atoms with Crippen LogP contribution in [0.4, 0.5) is 0 Å². The SMILES string of the molecule is CCCCCCCCCCCC[C]([Al])(CCCCCCC)CCCCCCCCCCCC. The smallest absolute Gasteiger partial charge is 0.0967 e. The van der Waals surface area contributed by atoms with Gasteiger partial charge in [-0.2, -0.15) is 0 Å². The summed E-state index contributed by atoms with van der Waals surface area (Å²) in [6.45, 7) is 6.96. The summed E-state index contributed by atoms with van der Waals surface area (Å²) in [6, 6.07) is 0. The summed E-state index contributed by atoms with van der Waals surface area (Å²) in [5.74, 6) is 0. The Morgan fingerprint density at radius 3 is 0.697 bits per heavy atom. The molecule has 0 aromatic rings. The van der Waals surface area contributed by atoms with Crippen LogP contribution >= 0.6 is 0 Å². The van der Waals surface area contributed by atoms with Crippen LogP contribution in [0.5, 0.6) is 0 Å². The maximum absolute atomic E-state index is 3.38. The molecule has 0 rings (SSSR count). The lowest BCUT2D eigenvalue weighted by Crippen LogP contribution is -2.13. The van der Waals surface area contributed by atoms with E-state index in [1.807, 2.05) is 0 Å². The molecule has 0 amide bonds. The molecule has 33 heavy (non-hydrogen) atoms. The van der Waals surface area contributed by atoms with Crippen molar-refractivity contribution >= 4 is 16.3 Å². The summed E-state index contributed by atoms with van der Waals surface area (Å²) in [7, 11) is 0. The Labute approximate surface area is 220 Å². The number of unbranched alkanes of at least 4 members (excludes halogenated alkanes) is 22. The van der Waals surface area contributed by atoms with Crippen LogP contribution in [0, 0.1) is 0 Å². The first-order chi connectivity index (χ1) is 16.2. The van der Waals surface area contributed by atoms with Gasteiger partial charge in [0.1, 0.15) is 16.3 Å². The summed E-state index contributed by atoms with van der Waals surface area (Å²) < 4.78 is 0.548. The van der Waals surface area contributed by atoms with Gasteiger partial charge in [-0.05, 0) is 0 Å². The largest absolute Gasteiger partial charge is 0.129 e. The molecule has 0 unspecified atom stereocenters. The lowest BCUT2D eigenvalue weighted by Gasteiger charge is -2.32. The minimum atomic E-state index is 0.548. The molecule has 0 fully saturated rings. The van der Waals surface area contributed by atoms with Crippen molar-refractivity contribution in [2.45, 2.75) is 205 Å². The van der Waals surface area contributed by atoms with E-state index in [1.54, 1.807) is 0 Å². The van der Waals surface area contributed by atoms with Crippen LogP contribution in [0.1, 0.15) is 201 Å². The fraction of sp³-hybridized carbons (Fsp3) is 1.00. The molecule has 2 radical (unpaired) electrons. The lowest BCUT2D eigenvalue weighted by molar-refractivity contribution is 0.385. The second kappa shape index (κ2) is 27.1. The highest BCUT2D eigenvalue weighted by atomic mass is 27.0. The number of hydrogen-bond donors (Lipinski definition) is 0. The molecule has 0 saturated heterocycles. The van der Waals surface area contributed by atoms with Crippen molar-refractivity contribution in [1.82, 2.24) is 0 Å². The Kier molecular flexibility index (Phi) is 27.6. The highest BCUT2D eigenvalue weighted by molar-refractivity contribution is 6.15. The molecule has 0 atom stereocenters. The Bertz CT molecular complexity index is 326. The molecule has 0 heterocycles. The third kappa shape index (κ3) is 25.4. The lowest BCUT2D eigenvalue weighted by atomic mass is 9.88. The van der Waals surface area contributed by atoms with E-state index in [1.165, 1.54) is 180 Å². The minimum absolute atomic E-state index is 0.548. The molecule has 0 nitrogen and oxygen atoms in total. The van der Waals surface area contributed by atoms with Crippen molar-refractivity contribution in [2.75, 3.05) is 0 Å². The van der Waals surface area contributed by atoms with Gasteiger partial charge in [-0.15, -0.1) is 0 Å². The van der Waals surface area contributed by atoms with E-state index >= 15 is 0 Å². The Balaban J connectivity index is 3.94. The van der Waals surface area contributed by atoms with Gasteiger partial charge in [0.2, 0.25) is 0 Å². The van der Waals surface area contributed by atoms with Crippen molar-refractivity contribution in [3.05, 3.63) is 0 Å². The third-order valence-electron chi connectivity index (χ3n) is 7.83. The van der Waals surface area contributed by atoms with Gasteiger partial charge in [0.05, 0.1) is 0 Å². The maximum Gasteiger partial charge on any atom is 0.129 e. The van der Waals surface area contributed by atoms with Crippen LogP contribution in [0.15, 0.2) is 0 Å². The quantitative estimate of drug-likeness (QED) is 0.0777. The molecule has 1 heteroatoms. The van der Waals surface area contributed by atoms with E-state index in [4.69, 9.17) is 0 Å². The zero-order chi connectivity index (χ0) is 24.3. The van der Waals surface area contributed by atoms with Crippen molar-refractivity contribution in [1.29, 1.82) is 0 Å². The molecule has 196 valence electrons. The highest BCUT2D eigenvalue weighted by Gasteiger charge is 2.21. The van der Waals surface area contributed by atoms with Crippen molar-refractivity contribution in [3.8, 4) is 0 Å². The monoisotopic (exact) mass is 476 g/mol. The second-order valence-electron chi connectivity index (χ2n) is 11.4. The van der Waals surface area contributed by atoms with Crippen LogP contribution in [0.25, 0.3) is 0 Å². The number of rotatable bonds is 28. The van der Waals surface area contributed by atoms with Crippen LogP contribution in [0.3, 0.4) is 0 Å². The second-order valence-corrected chi connectivity index (χ2v) is 12.6. The fourth-order valence-electron chi connectivity index (χ4n) is 5.38. The molecular formula is C32H65Al. The first-order valence-electron chi connectivity index (χ1n) is 16.0. The molecule has 0 bridgehead atoms. The summed E-state index contributed by atoms with van der Waals surface area (Å²) in [5, 5.41) is 0. The van der Waals surface area contributed by atoms with E-state index in [9.17, 15) is 0 Å². The van der Waals surface area contributed by atoms with Gasteiger partial charge in [-0.25, -0.2) is 0 Å². The predicted molar refractivity (Wildman–Crippen MR) is 155 cm³/mol. The average molecular weight is 477 g/mol. The maximum atomic E-state index is 3.38. The van der Waals surface area contributed by atoms with Crippen molar-refractivity contribution in [3.63, 3.8) is 0 Å². The van der Waals surface area contributed by atoms with E-state index in [-0.39, 0.29) is 0 Å². The van der Waals surface area contributed by atoms with Gasteiger partial charge in [-0.1, -0.05) is 205 Å². The van der Waals surface area contributed by atoms with E-state index in [2.05, 4.69) is 37.1 Å². The third-order valence-corrected chi connectivity index (χ3v) is 8.70. The normalized spacial score (nSPS) is 12.0. The van der Waals surface area contributed by atoms with Crippen LogP contribution in [-0.4, -0.2) is 16.3 Å². The summed E-state index contributed by atoms with van der Waals surface area (Å²) in [6.07, 6.45) is 40.7. The first kappa shape index (κ1) is 33.5. The zero-order valence-electron chi connectivity index (χ0n) is 23.9. The van der Waals surface area contributed by atoms with Gasteiger partial charge < -0.3 is 0 Å². The molecule has 0 aliphatic heterocycles. The summed E-state index contributed by atoms with van der Waals surface area (Å²) in [5.41, 5.74) is 0. The van der Waals surface area contributed by atoms with Gasteiger partial charge in [0.15, 0.2) is 0 Å². The Morgan fingerprint density at radius 1 is 0.303 bits per heavy atom. The van der Waals surface area contributed by atoms with E-state index < -0.39 is 0 Å². The van der Waals surface area contributed by atoms with Crippen molar-refractivity contribution in [2.24, 2.45) is 0 Å². The molecule has 0 aliphatic carbocycles.